The predicted molar refractivity (Wildman–Crippen MR) is 69.9 cm³/mol. The zero-order valence-corrected chi connectivity index (χ0v) is 10.1. The first-order chi connectivity index (χ1) is 8.27. The standard InChI is InChI=1S/C14H15N3/c1-10(2)9-17-13-5-7-15-8-12(13)11-4-3-6-16-14(11)17/h3-8,10H,9H2,1-2H3. The van der Waals surface area contributed by atoms with E-state index in [0.717, 1.165) is 12.2 Å². The van der Waals surface area contributed by atoms with Crippen LogP contribution in [0.4, 0.5) is 0 Å². The van der Waals surface area contributed by atoms with E-state index in [1.807, 2.05) is 24.7 Å². The van der Waals surface area contributed by atoms with Crippen LogP contribution in [0, 0.1) is 5.92 Å². The van der Waals surface area contributed by atoms with Gasteiger partial charge in [0.1, 0.15) is 5.65 Å². The molecule has 0 fully saturated rings. The lowest BCUT2D eigenvalue weighted by Crippen LogP contribution is -2.04. The maximum atomic E-state index is 4.51. The lowest BCUT2D eigenvalue weighted by molar-refractivity contribution is 0.543. The summed E-state index contributed by atoms with van der Waals surface area (Å²) >= 11 is 0. The molecule has 3 nitrogen and oxygen atoms in total. The molecule has 0 saturated heterocycles. The molecule has 3 aromatic heterocycles. The lowest BCUT2D eigenvalue weighted by Gasteiger charge is -2.08. The Bertz CT molecular complexity index is 614. The first-order valence-corrected chi connectivity index (χ1v) is 5.94. The van der Waals surface area contributed by atoms with E-state index in [-0.39, 0.29) is 0 Å². The smallest absolute Gasteiger partial charge is 0.141 e. The average Bonchev–Trinajstić information content (AvgIpc) is 2.65. The van der Waals surface area contributed by atoms with Crippen molar-refractivity contribution in [3.05, 3.63) is 36.8 Å². The molecule has 0 radical (unpaired) electrons. The van der Waals surface area contributed by atoms with Crippen LogP contribution in [0.2, 0.25) is 0 Å². The molecular weight excluding hydrogens is 210 g/mol. The summed E-state index contributed by atoms with van der Waals surface area (Å²) < 4.78 is 2.29. The molecule has 86 valence electrons. The fourth-order valence-electron chi connectivity index (χ4n) is 2.32. The summed E-state index contributed by atoms with van der Waals surface area (Å²) in [5.74, 6) is 0.601. The van der Waals surface area contributed by atoms with Gasteiger partial charge in [-0.05, 0) is 24.1 Å². The van der Waals surface area contributed by atoms with Crippen molar-refractivity contribution in [1.82, 2.24) is 14.5 Å². The van der Waals surface area contributed by atoms with E-state index in [4.69, 9.17) is 0 Å². The van der Waals surface area contributed by atoms with Crippen LogP contribution in [-0.4, -0.2) is 14.5 Å². The third-order valence-electron chi connectivity index (χ3n) is 2.97. The van der Waals surface area contributed by atoms with E-state index in [1.54, 1.807) is 0 Å². The summed E-state index contributed by atoms with van der Waals surface area (Å²) in [5, 5.41) is 2.38. The monoisotopic (exact) mass is 225 g/mol. The highest BCUT2D eigenvalue weighted by Crippen LogP contribution is 2.27. The van der Waals surface area contributed by atoms with Gasteiger partial charge >= 0.3 is 0 Å². The second-order valence-corrected chi connectivity index (χ2v) is 4.77. The number of rotatable bonds is 2. The Balaban J connectivity index is 2.41. The Morgan fingerprint density at radius 2 is 2.06 bits per heavy atom. The zero-order chi connectivity index (χ0) is 11.8. The van der Waals surface area contributed by atoms with Crippen molar-refractivity contribution >= 4 is 21.9 Å². The average molecular weight is 225 g/mol. The number of hydrogen-bond donors (Lipinski definition) is 0. The van der Waals surface area contributed by atoms with Crippen LogP contribution in [0.5, 0.6) is 0 Å². The molecule has 0 aliphatic rings. The van der Waals surface area contributed by atoms with E-state index < -0.39 is 0 Å². The van der Waals surface area contributed by atoms with Crippen molar-refractivity contribution in [2.75, 3.05) is 0 Å². The number of pyridine rings is 2. The Labute approximate surface area is 100 Å². The molecule has 0 amide bonds. The van der Waals surface area contributed by atoms with E-state index in [1.165, 1.54) is 16.3 Å². The summed E-state index contributed by atoms with van der Waals surface area (Å²) in [6.07, 6.45) is 5.62. The van der Waals surface area contributed by atoms with E-state index in [0.29, 0.717) is 5.92 Å². The van der Waals surface area contributed by atoms with Gasteiger partial charge in [0.2, 0.25) is 0 Å². The highest BCUT2D eigenvalue weighted by Gasteiger charge is 2.11. The second kappa shape index (κ2) is 3.84. The molecule has 0 aromatic carbocycles. The summed E-state index contributed by atoms with van der Waals surface area (Å²) in [6, 6.07) is 6.16. The minimum Gasteiger partial charge on any atom is -0.325 e. The zero-order valence-electron chi connectivity index (χ0n) is 10.1. The van der Waals surface area contributed by atoms with Crippen LogP contribution in [0.15, 0.2) is 36.8 Å². The van der Waals surface area contributed by atoms with Crippen molar-refractivity contribution in [3.63, 3.8) is 0 Å². The minimum atomic E-state index is 0.601. The molecule has 3 heteroatoms. The van der Waals surface area contributed by atoms with Crippen LogP contribution >= 0.6 is 0 Å². The molecule has 0 N–H and O–H groups in total. The minimum absolute atomic E-state index is 0.601. The molecule has 17 heavy (non-hydrogen) atoms. The van der Waals surface area contributed by atoms with Gasteiger partial charge in [-0.2, -0.15) is 0 Å². The van der Waals surface area contributed by atoms with Gasteiger partial charge in [-0.15, -0.1) is 0 Å². The van der Waals surface area contributed by atoms with Crippen molar-refractivity contribution in [1.29, 1.82) is 0 Å². The van der Waals surface area contributed by atoms with Gasteiger partial charge in [0, 0.05) is 35.9 Å². The molecule has 0 aliphatic carbocycles. The lowest BCUT2D eigenvalue weighted by atomic mass is 10.2. The van der Waals surface area contributed by atoms with Crippen LogP contribution in [0.25, 0.3) is 21.9 Å². The summed E-state index contributed by atoms with van der Waals surface area (Å²) in [7, 11) is 0. The maximum absolute atomic E-state index is 4.51. The molecule has 0 atom stereocenters. The first kappa shape index (κ1) is 10.3. The van der Waals surface area contributed by atoms with Gasteiger partial charge in [-0.25, -0.2) is 4.98 Å². The predicted octanol–water partition coefficient (Wildman–Crippen LogP) is 3.24. The maximum Gasteiger partial charge on any atom is 0.141 e. The van der Waals surface area contributed by atoms with Gasteiger partial charge in [0.05, 0.1) is 5.52 Å². The fourth-order valence-corrected chi connectivity index (χ4v) is 2.32. The summed E-state index contributed by atoms with van der Waals surface area (Å²) in [6.45, 7) is 5.44. The molecule has 3 rings (SSSR count). The van der Waals surface area contributed by atoms with Crippen molar-refractivity contribution in [2.45, 2.75) is 20.4 Å². The third kappa shape index (κ3) is 1.58. The van der Waals surface area contributed by atoms with Gasteiger partial charge in [-0.3, -0.25) is 4.98 Å². The van der Waals surface area contributed by atoms with Gasteiger partial charge in [-0.1, -0.05) is 13.8 Å². The quantitative estimate of drug-likeness (QED) is 0.670. The van der Waals surface area contributed by atoms with Crippen LogP contribution in [0.1, 0.15) is 13.8 Å². The second-order valence-electron chi connectivity index (χ2n) is 4.77. The molecule has 0 spiro atoms. The molecular formula is C14H15N3. The van der Waals surface area contributed by atoms with E-state index >= 15 is 0 Å². The van der Waals surface area contributed by atoms with Gasteiger partial charge in [0.15, 0.2) is 0 Å². The Morgan fingerprint density at radius 1 is 1.18 bits per heavy atom. The number of hydrogen-bond acceptors (Lipinski definition) is 2. The van der Waals surface area contributed by atoms with Crippen molar-refractivity contribution < 1.29 is 0 Å². The normalized spacial score (nSPS) is 11.7. The highest BCUT2D eigenvalue weighted by molar-refractivity contribution is 6.06. The third-order valence-corrected chi connectivity index (χ3v) is 2.97. The number of nitrogens with zero attached hydrogens (tertiary/aromatic N) is 3. The van der Waals surface area contributed by atoms with Crippen LogP contribution < -0.4 is 0 Å². The highest BCUT2D eigenvalue weighted by atomic mass is 15.0. The molecule has 0 aliphatic heterocycles. The summed E-state index contributed by atoms with van der Waals surface area (Å²) in [4.78, 5) is 8.72. The molecule has 0 bridgehead atoms. The van der Waals surface area contributed by atoms with Gasteiger partial charge < -0.3 is 4.57 Å². The first-order valence-electron chi connectivity index (χ1n) is 5.94. The van der Waals surface area contributed by atoms with Crippen LogP contribution in [0.3, 0.4) is 0 Å². The molecule has 0 unspecified atom stereocenters. The van der Waals surface area contributed by atoms with E-state index in [2.05, 4.69) is 40.5 Å². The SMILES string of the molecule is CC(C)Cn1c2ccncc2c2cccnc21. The van der Waals surface area contributed by atoms with Crippen molar-refractivity contribution in [3.8, 4) is 0 Å². The number of aromatic nitrogens is 3. The number of fused-ring (bicyclic) bond motifs is 3. The van der Waals surface area contributed by atoms with Crippen molar-refractivity contribution in [2.24, 2.45) is 5.92 Å². The Hall–Kier alpha value is -1.90. The fraction of sp³-hybridized carbons (Fsp3) is 0.286. The topological polar surface area (TPSA) is 30.7 Å². The summed E-state index contributed by atoms with van der Waals surface area (Å²) in [5.41, 5.74) is 2.28. The Kier molecular flexibility index (Phi) is 2.32. The van der Waals surface area contributed by atoms with Crippen LogP contribution in [-0.2, 0) is 6.54 Å². The molecule has 3 heterocycles. The molecule has 3 aromatic rings. The molecule has 0 saturated carbocycles. The van der Waals surface area contributed by atoms with E-state index in [9.17, 15) is 0 Å². The largest absolute Gasteiger partial charge is 0.325 e. The Morgan fingerprint density at radius 3 is 2.88 bits per heavy atom. The van der Waals surface area contributed by atoms with Gasteiger partial charge in [0.25, 0.3) is 0 Å².